The number of carbonyl (C=O) groups is 1. The molecule has 2 aliphatic heterocycles. The van der Waals surface area contributed by atoms with Crippen LogP contribution in [0.15, 0.2) is 48.2 Å². The van der Waals surface area contributed by atoms with Crippen LogP contribution in [0.5, 0.6) is 0 Å². The third kappa shape index (κ3) is 3.28. The van der Waals surface area contributed by atoms with Crippen molar-refractivity contribution in [1.29, 1.82) is 5.26 Å². The average Bonchev–Trinajstić information content (AvgIpc) is 3.11. The molecule has 0 radical (unpaired) electrons. The van der Waals surface area contributed by atoms with Crippen LogP contribution in [0, 0.1) is 11.3 Å². The summed E-state index contributed by atoms with van der Waals surface area (Å²) in [5.74, 6) is 0.444. The zero-order valence-electron chi connectivity index (χ0n) is 15.8. The molecule has 0 saturated carbocycles. The monoisotopic (exact) mass is 427 g/mol. The number of hydrogen-bond donors (Lipinski definition) is 1. The maximum atomic E-state index is 13.4. The van der Waals surface area contributed by atoms with Gasteiger partial charge in [0, 0.05) is 29.1 Å². The van der Waals surface area contributed by atoms with Crippen LogP contribution in [0.25, 0.3) is 5.57 Å². The molecule has 0 spiro atoms. The van der Waals surface area contributed by atoms with Gasteiger partial charge in [-0.1, -0.05) is 35.3 Å². The van der Waals surface area contributed by atoms with Crippen LogP contribution in [-0.4, -0.2) is 36.0 Å². The van der Waals surface area contributed by atoms with Crippen molar-refractivity contribution in [2.24, 2.45) is 5.73 Å². The molecule has 2 aliphatic rings. The highest BCUT2D eigenvalue weighted by molar-refractivity contribution is 6.35. The van der Waals surface area contributed by atoms with Crippen molar-refractivity contribution >= 4 is 34.7 Å². The second-order valence-electron chi connectivity index (χ2n) is 7.46. The molecule has 2 atom stereocenters. The Labute approximate surface area is 179 Å². The van der Waals surface area contributed by atoms with E-state index in [1.165, 1.54) is 0 Å². The van der Waals surface area contributed by atoms with E-state index in [1.54, 1.807) is 42.3 Å². The Morgan fingerprint density at radius 2 is 1.90 bits per heavy atom. The first-order chi connectivity index (χ1) is 13.9. The third-order valence-corrected chi connectivity index (χ3v) is 6.01. The van der Waals surface area contributed by atoms with Gasteiger partial charge in [0.05, 0.1) is 24.3 Å². The number of carbonyl (C=O) groups excluding carboxylic acids is 1. The molecule has 2 aromatic rings. The number of amides is 1. The van der Waals surface area contributed by atoms with E-state index in [0.29, 0.717) is 51.9 Å². The van der Waals surface area contributed by atoms with Crippen LogP contribution in [-0.2, 0) is 16.0 Å². The van der Waals surface area contributed by atoms with E-state index in [9.17, 15) is 4.79 Å². The lowest BCUT2D eigenvalue weighted by Gasteiger charge is -2.34. The second-order valence-corrected chi connectivity index (χ2v) is 8.34. The molecule has 0 bridgehead atoms. The largest absolute Gasteiger partial charge is 0.498 e. The third-order valence-electron chi connectivity index (χ3n) is 5.58. The smallest absolute Gasteiger partial charge is 0.258 e. The first kappa shape index (κ1) is 19.8. The van der Waals surface area contributed by atoms with E-state index in [-0.39, 0.29) is 11.9 Å². The van der Waals surface area contributed by atoms with Crippen molar-refractivity contribution < 1.29 is 9.53 Å². The van der Waals surface area contributed by atoms with Gasteiger partial charge in [0.15, 0.2) is 0 Å². The van der Waals surface area contributed by atoms with Crippen LogP contribution in [0.1, 0.15) is 23.1 Å². The summed E-state index contributed by atoms with van der Waals surface area (Å²) in [5.41, 5.74) is 8.27. The van der Waals surface area contributed by atoms with Gasteiger partial charge in [0.2, 0.25) is 0 Å². The first-order valence-corrected chi connectivity index (χ1v) is 9.95. The summed E-state index contributed by atoms with van der Waals surface area (Å²) < 4.78 is 5.83. The van der Waals surface area contributed by atoms with Crippen molar-refractivity contribution in [3.05, 3.63) is 75.0 Å². The quantitative estimate of drug-likeness (QED) is 0.804. The molecule has 148 valence electrons. The SMILES string of the molecule is COC1=C(c2cc(Cl)cc(Cl)c2)C(=O)N2C[C@@H](N)CC12Cc1ccc(C#N)cc1. The summed E-state index contributed by atoms with van der Waals surface area (Å²) in [6.45, 7) is 0.444. The Bertz CT molecular complexity index is 1040. The van der Waals surface area contributed by atoms with E-state index in [1.807, 2.05) is 12.1 Å². The lowest BCUT2D eigenvalue weighted by Crippen LogP contribution is -2.45. The van der Waals surface area contributed by atoms with Crippen molar-refractivity contribution in [1.82, 2.24) is 4.90 Å². The number of benzene rings is 2. The molecule has 29 heavy (non-hydrogen) atoms. The molecule has 2 heterocycles. The standard InChI is InChI=1S/C22H19Cl2N3O2/c1-29-20-19(15-6-16(23)8-17(24)7-15)21(28)27-12-18(26)10-22(20,27)9-13-2-4-14(11-25)5-3-13/h2-8,18H,9-10,12,26H2,1H3/t18-,22?/m0/s1. The number of nitrogens with zero attached hydrogens (tertiary/aromatic N) is 2. The lowest BCUT2D eigenvalue weighted by atomic mass is 9.85. The molecular weight excluding hydrogens is 409 g/mol. The number of halogens is 2. The number of nitriles is 1. The Morgan fingerprint density at radius 1 is 1.24 bits per heavy atom. The zero-order chi connectivity index (χ0) is 20.8. The Balaban J connectivity index is 1.85. The van der Waals surface area contributed by atoms with Crippen molar-refractivity contribution in [2.45, 2.75) is 24.4 Å². The number of fused-ring (bicyclic) bond motifs is 1. The number of hydrogen-bond acceptors (Lipinski definition) is 4. The minimum atomic E-state index is -0.677. The van der Waals surface area contributed by atoms with Crippen LogP contribution < -0.4 is 5.73 Å². The molecule has 4 rings (SSSR count). The minimum absolute atomic E-state index is 0.137. The lowest BCUT2D eigenvalue weighted by molar-refractivity contribution is -0.126. The molecule has 1 unspecified atom stereocenters. The van der Waals surface area contributed by atoms with Gasteiger partial charge in [-0.05, 0) is 47.9 Å². The normalized spacial score (nSPS) is 23.3. The summed E-state index contributed by atoms with van der Waals surface area (Å²) in [4.78, 5) is 15.2. The maximum absolute atomic E-state index is 13.4. The molecule has 2 aromatic carbocycles. The summed E-state index contributed by atoms with van der Waals surface area (Å²) in [7, 11) is 1.57. The average molecular weight is 428 g/mol. The fraction of sp³-hybridized carbons (Fsp3) is 0.273. The molecule has 7 heteroatoms. The molecule has 2 N–H and O–H groups in total. The topological polar surface area (TPSA) is 79.3 Å². The Hall–Kier alpha value is -2.52. The fourth-order valence-electron chi connectivity index (χ4n) is 4.50. The predicted molar refractivity (Wildman–Crippen MR) is 112 cm³/mol. The van der Waals surface area contributed by atoms with Crippen molar-refractivity contribution in [3.8, 4) is 6.07 Å². The summed E-state index contributed by atoms with van der Waals surface area (Å²) in [5, 5.41) is 9.95. The Kier molecular flexibility index (Phi) is 5.04. The van der Waals surface area contributed by atoms with Gasteiger partial charge in [-0.2, -0.15) is 5.26 Å². The number of ether oxygens (including phenoxy) is 1. The van der Waals surface area contributed by atoms with E-state index in [2.05, 4.69) is 6.07 Å². The fourth-order valence-corrected chi connectivity index (χ4v) is 5.03. The highest BCUT2D eigenvalue weighted by atomic mass is 35.5. The summed E-state index contributed by atoms with van der Waals surface area (Å²) in [6, 6.07) is 14.4. The molecular formula is C22H19Cl2N3O2. The van der Waals surface area contributed by atoms with E-state index in [4.69, 9.17) is 38.9 Å². The van der Waals surface area contributed by atoms with Crippen molar-refractivity contribution in [2.75, 3.05) is 13.7 Å². The molecule has 1 saturated heterocycles. The molecule has 1 amide bonds. The number of methoxy groups -OCH3 is 1. The molecule has 0 aliphatic carbocycles. The van der Waals surface area contributed by atoms with Gasteiger partial charge in [-0.25, -0.2) is 0 Å². The molecule has 1 fully saturated rings. The van der Waals surface area contributed by atoms with Gasteiger partial charge in [0.25, 0.3) is 5.91 Å². The van der Waals surface area contributed by atoms with Crippen LogP contribution in [0.2, 0.25) is 10.0 Å². The highest BCUT2D eigenvalue weighted by Crippen LogP contribution is 2.48. The molecule has 5 nitrogen and oxygen atoms in total. The maximum Gasteiger partial charge on any atom is 0.258 e. The second kappa shape index (κ2) is 7.38. The van der Waals surface area contributed by atoms with Crippen LogP contribution in [0.4, 0.5) is 0 Å². The highest BCUT2D eigenvalue weighted by Gasteiger charge is 2.57. The number of nitrogens with two attached hydrogens (primary N) is 1. The van der Waals surface area contributed by atoms with Gasteiger partial charge in [0.1, 0.15) is 11.3 Å². The van der Waals surface area contributed by atoms with Crippen LogP contribution >= 0.6 is 23.2 Å². The summed E-state index contributed by atoms with van der Waals surface area (Å²) in [6.07, 6.45) is 1.12. The predicted octanol–water partition coefficient (Wildman–Crippen LogP) is 3.78. The van der Waals surface area contributed by atoms with Crippen molar-refractivity contribution in [3.63, 3.8) is 0 Å². The minimum Gasteiger partial charge on any atom is -0.498 e. The molecule has 0 aromatic heterocycles. The first-order valence-electron chi connectivity index (χ1n) is 9.20. The van der Waals surface area contributed by atoms with Crippen LogP contribution in [0.3, 0.4) is 0 Å². The van der Waals surface area contributed by atoms with Gasteiger partial charge >= 0.3 is 0 Å². The van der Waals surface area contributed by atoms with E-state index < -0.39 is 5.54 Å². The van der Waals surface area contributed by atoms with Gasteiger partial charge in [-0.3, -0.25) is 4.79 Å². The van der Waals surface area contributed by atoms with Gasteiger partial charge in [-0.15, -0.1) is 0 Å². The van der Waals surface area contributed by atoms with E-state index >= 15 is 0 Å². The summed E-state index contributed by atoms with van der Waals surface area (Å²) >= 11 is 12.4. The van der Waals surface area contributed by atoms with E-state index in [0.717, 1.165) is 5.56 Å². The Morgan fingerprint density at radius 3 is 2.48 bits per heavy atom. The van der Waals surface area contributed by atoms with Gasteiger partial charge < -0.3 is 15.4 Å². The zero-order valence-corrected chi connectivity index (χ0v) is 17.3. The number of rotatable bonds is 4.